The summed E-state index contributed by atoms with van der Waals surface area (Å²) in [6, 6.07) is 10.8. The van der Waals surface area contributed by atoms with Gasteiger partial charge in [-0.3, -0.25) is 4.79 Å². The number of ketones is 1. The van der Waals surface area contributed by atoms with Crippen LogP contribution in [0.2, 0.25) is 0 Å². The van der Waals surface area contributed by atoms with Gasteiger partial charge in [-0.1, -0.05) is 18.2 Å². The number of hydrogen-bond acceptors (Lipinski definition) is 3. The summed E-state index contributed by atoms with van der Waals surface area (Å²) in [7, 11) is 0. The predicted molar refractivity (Wildman–Crippen MR) is 92.3 cm³/mol. The highest BCUT2D eigenvalue weighted by atomic mass is 16.5. The molecule has 0 aliphatic rings. The molecule has 2 aromatic rings. The van der Waals surface area contributed by atoms with E-state index in [0.29, 0.717) is 13.2 Å². The van der Waals surface area contributed by atoms with Gasteiger partial charge in [0.05, 0.1) is 12.5 Å². The maximum absolute atomic E-state index is 13.1. The van der Waals surface area contributed by atoms with Crippen molar-refractivity contribution >= 4 is 5.78 Å². The molecule has 0 aliphatic heterocycles. The molecule has 0 aliphatic carbocycles. The summed E-state index contributed by atoms with van der Waals surface area (Å²) in [4.78, 5) is 13.1. The highest BCUT2D eigenvalue weighted by molar-refractivity contribution is 6.02. The van der Waals surface area contributed by atoms with Gasteiger partial charge < -0.3 is 9.84 Å². The minimum Gasteiger partial charge on any atom is -0.508 e. The second-order valence-electron chi connectivity index (χ2n) is 5.92. The Bertz CT molecular complexity index is 687. The molecule has 1 atom stereocenters. The first-order valence-corrected chi connectivity index (χ1v) is 7.92. The van der Waals surface area contributed by atoms with Crippen molar-refractivity contribution in [3.63, 3.8) is 0 Å². The SMILES string of the molecule is CCOCC(C(=O)c1cc(C)c(C)cc1C)c1ccc(O)cc1. The topological polar surface area (TPSA) is 46.5 Å². The van der Waals surface area contributed by atoms with E-state index in [9.17, 15) is 9.90 Å². The van der Waals surface area contributed by atoms with Crippen molar-refractivity contribution in [2.75, 3.05) is 13.2 Å². The van der Waals surface area contributed by atoms with Gasteiger partial charge in [-0.2, -0.15) is 0 Å². The number of carbonyl (C=O) groups excluding carboxylic acids is 1. The fourth-order valence-corrected chi connectivity index (χ4v) is 2.68. The number of carbonyl (C=O) groups is 1. The van der Waals surface area contributed by atoms with E-state index in [1.54, 1.807) is 24.3 Å². The van der Waals surface area contributed by atoms with Crippen molar-refractivity contribution in [1.82, 2.24) is 0 Å². The molecular weight excluding hydrogens is 288 g/mol. The zero-order valence-electron chi connectivity index (χ0n) is 14.2. The summed E-state index contributed by atoms with van der Waals surface area (Å²) in [6.45, 7) is 8.85. The van der Waals surface area contributed by atoms with E-state index >= 15 is 0 Å². The molecule has 0 saturated carbocycles. The lowest BCUT2D eigenvalue weighted by Crippen LogP contribution is -2.20. The highest BCUT2D eigenvalue weighted by Crippen LogP contribution is 2.26. The van der Waals surface area contributed by atoms with Gasteiger partial charge in [-0.05, 0) is 68.1 Å². The molecule has 0 fully saturated rings. The number of phenolic OH excluding ortho intramolecular Hbond substituents is 1. The minimum absolute atomic E-state index is 0.0599. The number of aromatic hydroxyl groups is 1. The molecule has 1 unspecified atom stereocenters. The summed E-state index contributed by atoms with van der Waals surface area (Å²) in [5.41, 5.74) is 4.88. The number of hydrogen-bond donors (Lipinski definition) is 1. The van der Waals surface area contributed by atoms with Crippen molar-refractivity contribution < 1.29 is 14.6 Å². The van der Waals surface area contributed by atoms with E-state index in [1.807, 2.05) is 33.8 Å². The van der Waals surface area contributed by atoms with Crippen LogP contribution in [0.3, 0.4) is 0 Å². The monoisotopic (exact) mass is 312 g/mol. The molecule has 3 nitrogen and oxygen atoms in total. The largest absolute Gasteiger partial charge is 0.508 e. The van der Waals surface area contributed by atoms with Gasteiger partial charge in [0.2, 0.25) is 0 Å². The molecule has 122 valence electrons. The van der Waals surface area contributed by atoms with Crippen LogP contribution in [0.4, 0.5) is 0 Å². The quantitative estimate of drug-likeness (QED) is 0.808. The summed E-state index contributed by atoms with van der Waals surface area (Å²) in [6.07, 6.45) is 0. The molecule has 0 amide bonds. The molecular formula is C20H24O3. The molecule has 2 rings (SSSR count). The van der Waals surface area contributed by atoms with Gasteiger partial charge in [0.1, 0.15) is 5.75 Å². The number of aryl methyl sites for hydroxylation is 3. The van der Waals surface area contributed by atoms with Crippen LogP contribution >= 0.6 is 0 Å². The normalized spacial score (nSPS) is 12.2. The van der Waals surface area contributed by atoms with Gasteiger partial charge in [0, 0.05) is 12.2 Å². The van der Waals surface area contributed by atoms with Gasteiger partial charge in [-0.15, -0.1) is 0 Å². The second kappa shape index (κ2) is 7.42. The Labute approximate surface area is 137 Å². The molecule has 0 spiro atoms. The van der Waals surface area contributed by atoms with Crippen LogP contribution in [-0.4, -0.2) is 24.1 Å². The van der Waals surface area contributed by atoms with Gasteiger partial charge in [0.25, 0.3) is 0 Å². The number of phenols is 1. The second-order valence-corrected chi connectivity index (χ2v) is 5.92. The molecule has 3 heteroatoms. The van der Waals surface area contributed by atoms with Crippen LogP contribution in [0.5, 0.6) is 5.75 Å². The molecule has 1 N–H and O–H groups in total. The van der Waals surface area contributed by atoms with E-state index < -0.39 is 0 Å². The van der Waals surface area contributed by atoms with Gasteiger partial charge in [-0.25, -0.2) is 0 Å². The average molecular weight is 312 g/mol. The molecule has 0 saturated heterocycles. The molecule has 0 aromatic heterocycles. The average Bonchev–Trinajstić information content (AvgIpc) is 2.52. The van der Waals surface area contributed by atoms with Crippen LogP contribution in [0.1, 0.15) is 45.5 Å². The third-order valence-corrected chi connectivity index (χ3v) is 4.21. The fourth-order valence-electron chi connectivity index (χ4n) is 2.68. The molecule has 23 heavy (non-hydrogen) atoms. The van der Waals surface area contributed by atoms with Crippen molar-refractivity contribution in [1.29, 1.82) is 0 Å². The maximum atomic E-state index is 13.1. The van der Waals surface area contributed by atoms with Crippen molar-refractivity contribution in [2.45, 2.75) is 33.6 Å². The van der Waals surface area contributed by atoms with E-state index in [4.69, 9.17) is 4.74 Å². The zero-order valence-corrected chi connectivity index (χ0v) is 14.2. The highest BCUT2D eigenvalue weighted by Gasteiger charge is 2.24. The number of ether oxygens (including phenoxy) is 1. The number of rotatable bonds is 6. The lowest BCUT2D eigenvalue weighted by Gasteiger charge is -2.18. The first-order valence-electron chi connectivity index (χ1n) is 7.92. The van der Waals surface area contributed by atoms with Crippen molar-refractivity contribution in [2.24, 2.45) is 0 Å². The van der Waals surface area contributed by atoms with Crippen LogP contribution in [0.15, 0.2) is 36.4 Å². The van der Waals surface area contributed by atoms with Crippen molar-refractivity contribution in [3.8, 4) is 5.75 Å². The van der Waals surface area contributed by atoms with Gasteiger partial charge >= 0.3 is 0 Å². The Balaban J connectivity index is 2.40. The fraction of sp³-hybridized carbons (Fsp3) is 0.350. The van der Waals surface area contributed by atoms with Crippen LogP contribution in [0.25, 0.3) is 0 Å². The summed E-state index contributed by atoms with van der Waals surface area (Å²) in [5.74, 6) is -0.111. The Kier molecular flexibility index (Phi) is 5.56. The Morgan fingerprint density at radius 3 is 2.26 bits per heavy atom. The zero-order chi connectivity index (χ0) is 17.0. The smallest absolute Gasteiger partial charge is 0.172 e. The third-order valence-electron chi connectivity index (χ3n) is 4.21. The molecule has 0 heterocycles. The molecule has 2 aromatic carbocycles. The summed E-state index contributed by atoms with van der Waals surface area (Å²) < 4.78 is 5.53. The predicted octanol–water partition coefficient (Wildman–Crippen LogP) is 4.32. The van der Waals surface area contributed by atoms with E-state index in [1.165, 1.54) is 5.56 Å². The van der Waals surface area contributed by atoms with Crippen LogP contribution < -0.4 is 0 Å². The Morgan fingerprint density at radius 2 is 1.65 bits per heavy atom. The Morgan fingerprint density at radius 1 is 1.04 bits per heavy atom. The summed E-state index contributed by atoms with van der Waals surface area (Å²) >= 11 is 0. The number of Topliss-reactive ketones (excluding diaryl/α,β-unsaturated/α-hetero) is 1. The van der Waals surface area contributed by atoms with Crippen LogP contribution in [0, 0.1) is 20.8 Å². The lowest BCUT2D eigenvalue weighted by atomic mass is 9.88. The lowest BCUT2D eigenvalue weighted by molar-refractivity contribution is 0.0837. The third kappa shape index (κ3) is 3.99. The van der Waals surface area contributed by atoms with E-state index in [-0.39, 0.29) is 17.5 Å². The van der Waals surface area contributed by atoms with Crippen molar-refractivity contribution in [3.05, 3.63) is 64.2 Å². The first kappa shape index (κ1) is 17.2. The van der Waals surface area contributed by atoms with E-state index in [2.05, 4.69) is 6.07 Å². The van der Waals surface area contributed by atoms with E-state index in [0.717, 1.165) is 22.3 Å². The van der Waals surface area contributed by atoms with Gasteiger partial charge in [0.15, 0.2) is 5.78 Å². The maximum Gasteiger partial charge on any atom is 0.172 e. The first-order chi connectivity index (χ1) is 10.9. The number of benzene rings is 2. The summed E-state index contributed by atoms with van der Waals surface area (Å²) in [5, 5.41) is 9.47. The molecule has 0 bridgehead atoms. The van der Waals surface area contributed by atoms with Crippen LogP contribution in [-0.2, 0) is 4.74 Å². The Hall–Kier alpha value is -2.13. The standard InChI is InChI=1S/C20H24O3/c1-5-23-12-19(16-6-8-17(21)9-7-16)20(22)18-11-14(3)13(2)10-15(18)4/h6-11,19,21H,5,12H2,1-4H3. The molecule has 0 radical (unpaired) electrons. The minimum atomic E-state index is -0.364.